The number of alkyl halides is 3. The van der Waals surface area contributed by atoms with Crippen molar-refractivity contribution in [3.63, 3.8) is 0 Å². The summed E-state index contributed by atoms with van der Waals surface area (Å²) in [6.45, 7) is 0. The lowest BCUT2D eigenvalue weighted by Gasteiger charge is -2.09. The molecule has 0 atom stereocenters. The first kappa shape index (κ1) is 12.6. The molecule has 1 amide bonds. The summed E-state index contributed by atoms with van der Waals surface area (Å²) in [4.78, 5) is 10.6. The zero-order chi connectivity index (χ0) is 12.3. The average molecular weight is 254 g/mol. The van der Waals surface area contributed by atoms with E-state index >= 15 is 0 Å². The molecule has 1 aromatic rings. The fourth-order valence-corrected chi connectivity index (χ4v) is 1.20. The van der Waals surface area contributed by atoms with E-state index in [0.29, 0.717) is 5.75 Å². The summed E-state index contributed by atoms with van der Waals surface area (Å²) in [5.41, 5.74) is -0.0480. The van der Waals surface area contributed by atoms with Gasteiger partial charge in [0.25, 0.3) is 0 Å². The molecule has 0 saturated carbocycles. The minimum atomic E-state index is -4.92. The number of carbonyl (C=O) groups is 1. The molecule has 88 valence electrons. The second-order valence-electron chi connectivity index (χ2n) is 2.80. The number of hydrogen-bond acceptors (Lipinski definition) is 2. The minimum absolute atomic E-state index is 0.0480. The van der Waals surface area contributed by atoms with Crippen LogP contribution in [0.3, 0.4) is 0 Å². The summed E-state index contributed by atoms with van der Waals surface area (Å²) in [5, 5.41) is 1.78. The van der Waals surface area contributed by atoms with Crippen LogP contribution in [0.5, 0.6) is 5.75 Å². The Hall–Kier alpha value is -1.43. The Morgan fingerprint density at radius 2 is 2.06 bits per heavy atom. The molecule has 7 heteroatoms. The van der Waals surface area contributed by atoms with E-state index < -0.39 is 12.1 Å². The first-order valence-corrected chi connectivity index (χ1v) is 4.44. The van der Waals surface area contributed by atoms with E-state index in [-0.39, 0.29) is 10.7 Å². The predicted molar refractivity (Wildman–Crippen MR) is 52.7 cm³/mol. The molecule has 1 aromatic carbocycles. The summed E-state index contributed by atoms with van der Waals surface area (Å²) in [5.74, 6) is -1.74. The molecule has 0 saturated heterocycles. The summed E-state index contributed by atoms with van der Waals surface area (Å²) in [6, 6.07) is 3.78. The van der Waals surface area contributed by atoms with Gasteiger partial charge in [-0.15, -0.1) is 0 Å². The highest BCUT2D eigenvalue weighted by Gasteiger charge is 2.38. The lowest BCUT2D eigenvalue weighted by molar-refractivity contribution is -0.167. The Kier molecular flexibility index (Phi) is 3.64. The lowest BCUT2D eigenvalue weighted by Crippen LogP contribution is -2.29. The maximum absolute atomic E-state index is 11.9. The molecule has 0 aliphatic rings. The third kappa shape index (κ3) is 3.03. The van der Waals surface area contributed by atoms with Crippen LogP contribution in [-0.4, -0.2) is 19.2 Å². The summed E-state index contributed by atoms with van der Waals surface area (Å²) < 4.78 is 40.5. The molecule has 0 unspecified atom stereocenters. The van der Waals surface area contributed by atoms with Crippen molar-refractivity contribution in [1.29, 1.82) is 0 Å². The Labute approximate surface area is 94.2 Å². The predicted octanol–water partition coefficient (Wildman–Crippen LogP) is 2.85. The standard InChI is InChI=1S/C9H7ClF3NO2/c1-16-7-3-2-5(4-6(7)10)14-8(15)9(11,12)13/h2-4H,1H3,(H,14,15). The molecule has 0 heterocycles. The second-order valence-corrected chi connectivity index (χ2v) is 3.21. The maximum atomic E-state index is 11.9. The largest absolute Gasteiger partial charge is 0.495 e. The van der Waals surface area contributed by atoms with Crippen molar-refractivity contribution in [1.82, 2.24) is 0 Å². The van der Waals surface area contributed by atoms with Gasteiger partial charge in [-0.3, -0.25) is 4.79 Å². The monoisotopic (exact) mass is 253 g/mol. The maximum Gasteiger partial charge on any atom is 0.471 e. The topological polar surface area (TPSA) is 38.3 Å². The van der Waals surface area contributed by atoms with Crippen LogP contribution in [0, 0.1) is 0 Å². The van der Waals surface area contributed by atoms with Gasteiger partial charge in [-0.1, -0.05) is 11.6 Å². The van der Waals surface area contributed by atoms with E-state index in [1.807, 2.05) is 0 Å². The third-order valence-electron chi connectivity index (χ3n) is 1.67. The number of hydrogen-bond donors (Lipinski definition) is 1. The van der Waals surface area contributed by atoms with Crippen LogP contribution in [0.1, 0.15) is 0 Å². The quantitative estimate of drug-likeness (QED) is 0.880. The van der Waals surface area contributed by atoms with Crippen molar-refractivity contribution in [2.75, 3.05) is 12.4 Å². The van der Waals surface area contributed by atoms with E-state index in [2.05, 4.69) is 0 Å². The number of methoxy groups -OCH3 is 1. The molecule has 0 radical (unpaired) electrons. The summed E-state index contributed by atoms with van der Waals surface area (Å²) >= 11 is 5.67. The fraction of sp³-hybridized carbons (Fsp3) is 0.222. The third-order valence-corrected chi connectivity index (χ3v) is 1.96. The second kappa shape index (κ2) is 4.61. The molecule has 0 fully saturated rings. The van der Waals surface area contributed by atoms with Gasteiger partial charge < -0.3 is 10.1 Å². The average Bonchev–Trinajstić information content (AvgIpc) is 2.16. The molecule has 16 heavy (non-hydrogen) atoms. The molecular weight excluding hydrogens is 247 g/mol. The fourth-order valence-electron chi connectivity index (χ4n) is 0.946. The van der Waals surface area contributed by atoms with Gasteiger partial charge in [-0.05, 0) is 18.2 Å². The molecule has 0 bridgehead atoms. The molecule has 0 aliphatic carbocycles. The van der Waals surface area contributed by atoms with Gasteiger partial charge in [-0.25, -0.2) is 0 Å². The number of rotatable bonds is 2. The van der Waals surface area contributed by atoms with Crippen LogP contribution in [0.4, 0.5) is 18.9 Å². The van der Waals surface area contributed by atoms with Crippen molar-refractivity contribution in [3.8, 4) is 5.75 Å². The highest BCUT2D eigenvalue weighted by Crippen LogP contribution is 2.28. The number of amides is 1. The first-order chi connectivity index (χ1) is 7.34. The van der Waals surface area contributed by atoms with Crippen LogP contribution < -0.4 is 10.1 Å². The molecule has 1 rings (SSSR count). The van der Waals surface area contributed by atoms with E-state index in [1.54, 1.807) is 5.32 Å². The summed E-state index contributed by atoms with van der Waals surface area (Å²) in [6.07, 6.45) is -4.92. The van der Waals surface area contributed by atoms with Crippen molar-refractivity contribution in [2.24, 2.45) is 0 Å². The normalized spacial score (nSPS) is 11.1. The SMILES string of the molecule is COc1ccc(NC(=O)C(F)(F)F)cc1Cl. The zero-order valence-electron chi connectivity index (χ0n) is 8.06. The Bertz CT molecular complexity index is 406. The van der Waals surface area contributed by atoms with E-state index in [1.165, 1.54) is 25.3 Å². The van der Waals surface area contributed by atoms with Gasteiger partial charge >= 0.3 is 12.1 Å². The highest BCUT2D eigenvalue weighted by atomic mass is 35.5. The number of anilines is 1. The summed E-state index contributed by atoms with van der Waals surface area (Å²) in [7, 11) is 1.37. The minimum Gasteiger partial charge on any atom is -0.495 e. The van der Waals surface area contributed by atoms with Crippen molar-refractivity contribution in [3.05, 3.63) is 23.2 Å². The van der Waals surface area contributed by atoms with Gasteiger partial charge in [0, 0.05) is 5.69 Å². The molecule has 1 N–H and O–H groups in total. The smallest absolute Gasteiger partial charge is 0.471 e. The molecule has 0 aliphatic heterocycles. The molecule has 0 aromatic heterocycles. The first-order valence-electron chi connectivity index (χ1n) is 4.06. The Morgan fingerprint density at radius 3 is 2.50 bits per heavy atom. The van der Waals surface area contributed by atoms with Crippen LogP contribution >= 0.6 is 11.6 Å². The van der Waals surface area contributed by atoms with Crippen molar-refractivity contribution in [2.45, 2.75) is 6.18 Å². The van der Waals surface area contributed by atoms with Crippen LogP contribution in [0.15, 0.2) is 18.2 Å². The molecule has 3 nitrogen and oxygen atoms in total. The van der Waals surface area contributed by atoms with E-state index in [9.17, 15) is 18.0 Å². The number of ether oxygens (including phenoxy) is 1. The number of nitrogens with one attached hydrogen (secondary N) is 1. The Morgan fingerprint density at radius 1 is 1.44 bits per heavy atom. The molecular formula is C9H7ClF3NO2. The van der Waals surface area contributed by atoms with Gasteiger partial charge in [-0.2, -0.15) is 13.2 Å². The number of carbonyl (C=O) groups excluding carboxylic acids is 1. The molecule has 0 spiro atoms. The van der Waals surface area contributed by atoms with Gasteiger partial charge in [0.2, 0.25) is 0 Å². The van der Waals surface area contributed by atoms with Gasteiger partial charge in [0.1, 0.15) is 5.75 Å². The van der Waals surface area contributed by atoms with E-state index in [4.69, 9.17) is 16.3 Å². The van der Waals surface area contributed by atoms with Crippen LogP contribution in [0.2, 0.25) is 5.02 Å². The Balaban J connectivity index is 2.84. The lowest BCUT2D eigenvalue weighted by atomic mass is 10.3. The van der Waals surface area contributed by atoms with Gasteiger partial charge in [0.15, 0.2) is 0 Å². The zero-order valence-corrected chi connectivity index (χ0v) is 8.82. The number of benzene rings is 1. The van der Waals surface area contributed by atoms with Gasteiger partial charge in [0.05, 0.1) is 12.1 Å². The highest BCUT2D eigenvalue weighted by molar-refractivity contribution is 6.32. The van der Waals surface area contributed by atoms with Crippen LogP contribution in [-0.2, 0) is 4.79 Å². The van der Waals surface area contributed by atoms with Crippen LogP contribution in [0.25, 0.3) is 0 Å². The van der Waals surface area contributed by atoms with Crippen molar-refractivity contribution < 1.29 is 22.7 Å². The van der Waals surface area contributed by atoms with E-state index in [0.717, 1.165) is 0 Å². The van der Waals surface area contributed by atoms with Crippen molar-refractivity contribution >= 4 is 23.2 Å². The number of halogens is 4.